The van der Waals surface area contributed by atoms with E-state index in [1.54, 1.807) is 6.07 Å². The van der Waals surface area contributed by atoms with Crippen molar-refractivity contribution in [3.05, 3.63) is 0 Å². The van der Waals surface area contributed by atoms with Gasteiger partial charge in [0.25, 0.3) is 0 Å². The molecule has 0 amide bonds. The summed E-state index contributed by atoms with van der Waals surface area (Å²) in [7, 11) is 1.93. The summed E-state index contributed by atoms with van der Waals surface area (Å²) in [6.07, 6.45) is 4.13. The minimum atomic E-state index is -0.414. The van der Waals surface area contributed by atoms with Crippen molar-refractivity contribution in [3.8, 4) is 6.07 Å². The maximum atomic E-state index is 10.7. The maximum absolute atomic E-state index is 10.7. The largest absolute Gasteiger partial charge is 0.465 e. The molecule has 4 heteroatoms. The third-order valence-corrected chi connectivity index (χ3v) is 1.81. The van der Waals surface area contributed by atoms with Gasteiger partial charge < -0.3 is 10.1 Å². The number of carbonyl (C=O) groups is 1. The van der Waals surface area contributed by atoms with Crippen molar-refractivity contribution in [3.63, 3.8) is 0 Å². The van der Waals surface area contributed by atoms with Gasteiger partial charge in [-0.3, -0.25) is 4.79 Å². The number of unbranched alkanes of at least 4 members (excludes halogenated alkanes) is 3. The van der Waals surface area contributed by atoms with E-state index in [0.29, 0.717) is 6.61 Å². The van der Waals surface area contributed by atoms with Crippen molar-refractivity contribution >= 4 is 5.97 Å². The van der Waals surface area contributed by atoms with Crippen molar-refractivity contribution < 1.29 is 9.53 Å². The fourth-order valence-corrected chi connectivity index (χ4v) is 1.06. The first-order valence-corrected chi connectivity index (χ1v) is 4.98. The molecule has 0 aliphatic heterocycles. The Bertz CT molecular complexity index is 187. The molecule has 0 saturated heterocycles. The van der Waals surface area contributed by atoms with Crippen LogP contribution in [0.15, 0.2) is 0 Å². The average Bonchev–Trinajstić information content (AvgIpc) is 2.17. The van der Waals surface area contributed by atoms with E-state index in [0.717, 1.165) is 32.2 Å². The molecule has 0 fully saturated rings. The van der Waals surface area contributed by atoms with Gasteiger partial charge in [-0.15, -0.1) is 0 Å². The van der Waals surface area contributed by atoms with Crippen molar-refractivity contribution in [1.82, 2.24) is 5.32 Å². The van der Waals surface area contributed by atoms with E-state index in [2.05, 4.69) is 5.32 Å². The number of esters is 1. The molecule has 0 aliphatic rings. The van der Waals surface area contributed by atoms with E-state index < -0.39 is 5.97 Å². The lowest BCUT2D eigenvalue weighted by atomic mass is 10.2. The second-order valence-electron chi connectivity index (χ2n) is 3.07. The first kappa shape index (κ1) is 12.9. The van der Waals surface area contributed by atoms with Crippen LogP contribution in [0.2, 0.25) is 0 Å². The van der Waals surface area contributed by atoms with Gasteiger partial charge in [-0.05, 0) is 26.4 Å². The Balaban J connectivity index is 3.06. The summed E-state index contributed by atoms with van der Waals surface area (Å²) in [5.41, 5.74) is 0. The van der Waals surface area contributed by atoms with E-state index in [1.807, 2.05) is 7.05 Å². The van der Waals surface area contributed by atoms with Crippen LogP contribution in [0.4, 0.5) is 0 Å². The van der Waals surface area contributed by atoms with E-state index in [1.165, 1.54) is 0 Å². The van der Waals surface area contributed by atoms with Crippen LogP contribution in [0, 0.1) is 11.3 Å². The van der Waals surface area contributed by atoms with Crippen LogP contribution < -0.4 is 5.32 Å². The minimum Gasteiger partial charge on any atom is -0.465 e. The molecule has 0 radical (unpaired) electrons. The van der Waals surface area contributed by atoms with Gasteiger partial charge in [0.05, 0.1) is 12.7 Å². The molecular formula is C10H18N2O2. The van der Waals surface area contributed by atoms with Gasteiger partial charge in [0.15, 0.2) is 0 Å². The second-order valence-corrected chi connectivity index (χ2v) is 3.07. The van der Waals surface area contributed by atoms with Gasteiger partial charge in [-0.1, -0.05) is 12.8 Å². The lowest BCUT2D eigenvalue weighted by Crippen LogP contribution is -2.07. The predicted octanol–water partition coefficient (Wildman–Crippen LogP) is 1.22. The monoisotopic (exact) mass is 198 g/mol. The molecule has 0 atom stereocenters. The first-order chi connectivity index (χ1) is 6.81. The standard InChI is InChI=1S/C10H18N2O2/c1-12-8-4-2-3-5-9-14-10(13)6-7-11/h12H,2-6,8-9H2,1H3. The summed E-state index contributed by atoms with van der Waals surface area (Å²) in [6, 6.07) is 1.75. The molecule has 0 spiro atoms. The fourth-order valence-electron chi connectivity index (χ4n) is 1.06. The average molecular weight is 198 g/mol. The smallest absolute Gasteiger partial charge is 0.320 e. The molecule has 0 rings (SSSR count). The Labute approximate surface area is 85.2 Å². The van der Waals surface area contributed by atoms with E-state index >= 15 is 0 Å². The van der Waals surface area contributed by atoms with Crippen molar-refractivity contribution in [1.29, 1.82) is 5.26 Å². The molecule has 0 unspecified atom stereocenters. The highest BCUT2D eigenvalue weighted by atomic mass is 16.5. The predicted molar refractivity (Wildman–Crippen MR) is 53.6 cm³/mol. The lowest BCUT2D eigenvalue weighted by molar-refractivity contribution is -0.142. The van der Waals surface area contributed by atoms with Crippen molar-refractivity contribution in [2.24, 2.45) is 0 Å². The zero-order valence-corrected chi connectivity index (χ0v) is 8.71. The third kappa shape index (κ3) is 9.01. The maximum Gasteiger partial charge on any atom is 0.320 e. The zero-order valence-electron chi connectivity index (χ0n) is 8.71. The molecule has 0 bridgehead atoms. The van der Waals surface area contributed by atoms with Crippen LogP contribution in [0.25, 0.3) is 0 Å². The number of hydrogen-bond donors (Lipinski definition) is 1. The molecule has 1 N–H and O–H groups in total. The van der Waals surface area contributed by atoms with Gasteiger partial charge in [0.1, 0.15) is 6.42 Å². The lowest BCUT2D eigenvalue weighted by Gasteiger charge is -2.02. The SMILES string of the molecule is CNCCCCCCOC(=O)CC#N. The van der Waals surface area contributed by atoms with E-state index in [9.17, 15) is 4.79 Å². The molecule has 14 heavy (non-hydrogen) atoms. The molecule has 0 aliphatic carbocycles. The van der Waals surface area contributed by atoms with Crippen LogP contribution in [0.5, 0.6) is 0 Å². The van der Waals surface area contributed by atoms with Gasteiger partial charge in [-0.2, -0.15) is 5.26 Å². The first-order valence-electron chi connectivity index (χ1n) is 4.98. The summed E-state index contributed by atoms with van der Waals surface area (Å²) < 4.78 is 4.81. The Hall–Kier alpha value is -1.08. The molecule has 0 aromatic heterocycles. The fraction of sp³-hybridized carbons (Fsp3) is 0.800. The Morgan fingerprint density at radius 3 is 2.71 bits per heavy atom. The molecular weight excluding hydrogens is 180 g/mol. The number of carbonyl (C=O) groups excluding carboxylic acids is 1. The Morgan fingerprint density at radius 1 is 1.36 bits per heavy atom. The van der Waals surface area contributed by atoms with Crippen molar-refractivity contribution in [2.45, 2.75) is 32.1 Å². The normalized spacial score (nSPS) is 9.43. The highest BCUT2D eigenvalue weighted by Gasteiger charge is 1.99. The molecule has 0 heterocycles. The summed E-state index contributed by atoms with van der Waals surface area (Å²) in [5, 5.41) is 11.3. The van der Waals surface area contributed by atoms with Crippen LogP contribution in [-0.4, -0.2) is 26.2 Å². The van der Waals surface area contributed by atoms with Crippen LogP contribution in [0.3, 0.4) is 0 Å². The second kappa shape index (κ2) is 10.0. The van der Waals surface area contributed by atoms with E-state index in [4.69, 9.17) is 10.00 Å². The van der Waals surface area contributed by atoms with Gasteiger partial charge >= 0.3 is 5.97 Å². The molecule has 4 nitrogen and oxygen atoms in total. The van der Waals surface area contributed by atoms with Gasteiger partial charge in [0, 0.05) is 0 Å². The number of ether oxygens (including phenoxy) is 1. The van der Waals surface area contributed by atoms with Gasteiger partial charge in [-0.25, -0.2) is 0 Å². The van der Waals surface area contributed by atoms with E-state index in [-0.39, 0.29) is 6.42 Å². The van der Waals surface area contributed by atoms with Gasteiger partial charge in [0.2, 0.25) is 0 Å². The zero-order chi connectivity index (χ0) is 10.6. The van der Waals surface area contributed by atoms with Crippen LogP contribution in [-0.2, 0) is 9.53 Å². The number of nitrogens with one attached hydrogen (secondary N) is 1. The number of rotatable bonds is 8. The summed E-state index contributed by atoms with van der Waals surface area (Å²) >= 11 is 0. The Kier molecular flexibility index (Phi) is 9.23. The molecule has 0 aromatic rings. The highest BCUT2D eigenvalue weighted by Crippen LogP contribution is 1.99. The highest BCUT2D eigenvalue weighted by molar-refractivity contribution is 5.71. The summed E-state index contributed by atoms with van der Waals surface area (Å²) in [5.74, 6) is -0.414. The Morgan fingerprint density at radius 2 is 2.07 bits per heavy atom. The third-order valence-electron chi connectivity index (χ3n) is 1.81. The number of hydrogen-bond acceptors (Lipinski definition) is 4. The topological polar surface area (TPSA) is 62.1 Å². The number of nitriles is 1. The van der Waals surface area contributed by atoms with Crippen LogP contribution in [0.1, 0.15) is 32.1 Å². The minimum absolute atomic E-state index is 0.139. The molecule has 0 saturated carbocycles. The summed E-state index contributed by atoms with van der Waals surface area (Å²) in [4.78, 5) is 10.7. The quantitative estimate of drug-likeness (QED) is 0.470. The van der Waals surface area contributed by atoms with Crippen LogP contribution >= 0.6 is 0 Å². The summed E-state index contributed by atoms with van der Waals surface area (Å²) in [6.45, 7) is 1.48. The van der Waals surface area contributed by atoms with Crippen molar-refractivity contribution in [2.75, 3.05) is 20.2 Å². The number of nitrogens with zero attached hydrogens (tertiary/aromatic N) is 1. The molecule has 0 aromatic carbocycles. The molecule has 80 valence electrons.